The Kier molecular flexibility index (Phi) is 3.41. The van der Waals surface area contributed by atoms with Crippen molar-refractivity contribution in [3.05, 3.63) is 35.6 Å². The molecule has 0 saturated carbocycles. The van der Waals surface area contributed by atoms with Gasteiger partial charge in [-0.15, -0.1) is 0 Å². The summed E-state index contributed by atoms with van der Waals surface area (Å²) in [7, 11) is 1.51. The van der Waals surface area contributed by atoms with E-state index in [1.54, 1.807) is 12.1 Å². The molecule has 0 radical (unpaired) electrons. The molecule has 106 valence electrons. The molecule has 0 saturated heterocycles. The van der Waals surface area contributed by atoms with E-state index in [-0.39, 0.29) is 16.7 Å². The predicted octanol–water partition coefficient (Wildman–Crippen LogP) is 2.56. The number of phenols is 1. The normalized spacial score (nSPS) is 10.6. The topological polar surface area (TPSA) is 94.2 Å². The Balaban J connectivity index is 1.97. The summed E-state index contributed by atoms with van der Waals surface area (Å²) in [6.45, 7) is 0. The van der Waals surface area contributed by atoms with E-state index in [1.165, 1.54) is 25.6 Å². The van der Waals surface area contributed by atoms with Crippen LogP contribution in [0.3, 0.4) is 0 Å². The molecule has 2 aromatic heterocycles. The quantitative estimate of drug-likeness (QED) is 0.794. The number of methoxy groups -OCH3 is 1. The highest BCUT2D eigenvalue weighted by Gasteiger charge is 2.13. The Morgan fingerprint density at radius 1 is 1.24 bits per heavy atom. The summed E-state index contributed by atoms with van der Waals surface area (Å²) in [6, 6.07) is 6.21. The number of rotatable bonds is 3. The number of halogens is 1. The minimum absolute atomic E-state index is 0.0132. The third kappa shape index (κ3) is 2.63. The molecular weight excluding hydrogens is 296 g/mol. The van der Waals surface area contributed by atoms with Crippen LogP contribution in [0.25, 0.3) is 23.0 Å². The fourth-order valence-electron chi connectivity index (χ4n) is 1.66. The van der Waals surface area contributed by atoms with Crippen LogP contribution in [-0.4, -0.2) is 32.3 Å². The van der Waals surface area contributed by atoms with E-state index >= 15 is 0 Å². The maximum Gasteiger partial charge on any atom is 0.258 e. The van der Waals surface area contributed by atoms with Crippen LogP contribution in [0.2, 0.25) is 5.02 Å². The number of hydrogen-bond donors (Lipinski definition) is 1. The van der Waals surface area contributed by atoms with Gasteiger partial charge in [0.25, 0.3) is 5.89 Å². The van der Waals surface area contributed by atoms with Crippen LogP contribution in [0.4, 0.5) is 0 Å². The summed E-state index contributed by atoms with van der Waals surface area (Å²) >= 11 is 5.85. The molecule has 1 N–H and O–H groups in total. The first kappa shape index (κ1) is 13.3. The summed E-state index contributed by atoms with van der Waals surface area (Å²) in [5.74, 6) is 0.957. The number of nitrogens with zero attached hydrogens (tertiary/aromatic N) is 4. The number of aromatic hydroxyl groups is 1. The van der Waals surface area contributed by atoms with Crippen molar-refractivity contribution < 1.29 is 14.4 Å². The van der Waals surface area contributed by atoms with Crippen LogP contribution in [0.5, 0.6) is 11.6 Å². The molecule has 8 heteroatoms. The molecule has 2 heterocycles. The smallest absolute Gasteiger partial charge is 0.258 e. The number of benzene rings is 1. The molecule has 0 aliphatic heterocycles. The van der Waals surface area contributed by atoms with E-state index in [0.717, 1.165) is 0 Å². The van der Waals surface area contributed by atoms with Crippen LogP contribution < -0.4 is 4.74 Å². The highest BCUT2D eigenvalue weighted by atomic mass is 35.5. The second-order valence-electron chi connectivity index (χ2n) is 4.03. The van der Waals surface area contributed by atoms with E-state index in [9.17, 15) is 5.11 Å². The lowest BCUT2D eigenvalue weighted by atomic mass is 10.2. The highest BCUT2D eigenvalue weighted by Crippen LogP contribution is 2.29. The standard InChI is InChI=1S/C13H9ClN4O3/c1-20-11-5-9(15-6-16-11)12-17-13(21-18-12)7-2-3-10(19)8(14)4-7/h2-6,19H,1H3. The fourth-order valence-corrected chi connectivity index (χ4v) is 1.84. The Labute approximate surface area is 124 Å². The van der Waals surface area contributed by atoms with Gasteiger partial charge in [-0.3, -0.25) is 0 Å². The molecule has 0 aliphatic carbocycles. The highest BCUT2D eigenvalue weighted by molar-refractivity contribution is 6.32. The van der Waals surface area contributed by atoms with Crippen molar-refractivity contribution >= 4 is 11.6 Å². The minimum atomic E-state index is -0.0132. The van der Waals surface area contributed by atoms with Gasteiger partial charge in [-0.25, -0.2) is 9.97 Å². The third-order valence-electron chi connectivity index (χ3n) is 2.70. The van der Waals surface area contributed by atoms with Gasteiger partial charge >= 0.3 is 0 Å². The largest absolute Gasteiger partial charge is 0.506 e. The minimum Gasteiger partial charge on any atom is -0.506 e. The molecule has 0 aliphatic rings. The van der Waals surface area contributed by atoms with Gasteiger partial charge in [0.15, 0.2) is 0 Å². The van der Waals surface area contributed by atoms with Gasteiger partial charge in [0.1, 0.15) is 17.8 Å². The van der Waals surface area contributed by atoms with Gasteiger partial charge in [0.05, 0.1) is 12.1 Å². The summed E-state index contributed by atoms with van der Waals surface area (Å²) in [5, 5.41) is 13.5. The summed E-state index contributed by atoms with van der Waals surface area (Å²) < 4.78 is 10.2. The molecule has 3 rings (SSSR count). The number of phenolic OH excluding ortho intramolecular Hbond substituents is 1. The van der Waals surface area contributed by atoms with E-state index in [2.05, 4.69) is 20.1 Å². The Hall–Kier alpha value is -2.67. The lowest BCUT2D eigenvalue weighted by Gasteiger charge is -1.98. The van der Waals surface area contributed by atoms with Crippen LogP contribution in [-0.2, 0) is 0 Å². The maximum absolute atomic E-state index is 9.40. The van der Waals surface area contributed by atoms with E-state index < -0.39 is 0 Å². The summed E-state index contributed by atoms with van der Waals surface area (Å²) in [6.07, 6.45) is 1.35. The molecule has 0 fully saturated rings. The van der Waals surface area contributed by atoms with E-state index in [4.69, 9.17) is 20.9 Å². The predicted molar refractivity (Wildman–Crippen MR) is 74.0 cm³/mol. The lowest BCUT2D eigenvalue weighted by Crippen LogP contribution is -1.91. The SMILES string of the molecule is COc1cc(-c2noc(-c3ccc(O)c(Cl)c3)n2)ncn1. The molecule has 3 aromatic rings. The first-order valence-electron chi connectivity index (χ1n) is 5.86. The number of aromatic nitrogens is 4. The second kappa shape index (κ2) is 5.37. The monoisotopic (exact) mass is 304 g/mol. The molecule has 0 amide bonds. The van der Waals surface area contributed by atoms with Crippen molar-refractivity contribution in [1.29, 1.82) is 0 Å². The molecule has 0 spiro atoms. The maximum atomic E-state index is 9.40. The lowest BCUT2D eigenvalue weighted by molar-refractivity contribution is 0.397. The molecule has 0 unspecified atom stereocenters. The molecule has 0 bridgehead atoms. The Morgan fingerprint density at radius 3 is 2.86 bits per heavy atom. The van der Waals surface area contributed by atoms with Gasteiger partial charge in [-0.2, -0.15) is 4.98 Å². The Bertz CT molecular complexity index is 791. The fraction of sp³-hybridized carbons (Fsp3) is 0.0769. The average Bonchev–Trinajstić information content (AvgIpc) is 3.00. The van der Waals surface area contributed by atoms with Crippen LogP contribution in [0.1, 0.15) is 0 Å². The zero-order valence-electron chi connectivity index (χ0n) is 10.8. The van der Waals surface area contributed by atoms with Crippen molar-refractivity contribution in [3.63, 3.8) is 0 Å². The van der Waals surface area contributed by atoms with Crippen LogP contribution in [0, 0.1) is 0 Å². The van der Waals surface area contributed by atoms with Gasteiger partial charge in [0, 0.05) is 11.6 Å². The second-order valence-corrected chi connectivity index (χ2v) is 4.44. The molecule has 0 atom stereocenters. The van der Waals surface area contributed by atoms with Crippen LogP contribution in [0.15, 0.2) is 35.1 Å². The van der Waals surface area contributed by atoms with E-state index in [0.29, 0.717) is 23.0 Å². The van der Waals surface area contributed by atoms with Crippen LogP contribution >= 0.6 is 11.6 Å². The van der Waals surface area contributed by atoms with Crippen molar-refractivity contribution in [2.75, 3.05) is 7.11 Å². The molecule has 1 aromatic carbocycles. The van der Waals surface area contributed by atoms with Gasteiger partial charge in [-0.1, -0.05) is 16.8 Å². The van der Waals surface area contributed by atoms with Crippen molar-refractivity contribution in [2.24, 2.45) is 0 Å². The number of ether oxygens (including phenoxy) is 1. The molecule has 21 heavy (non-hydrogen) atoms. The zero-order valence-corrected chi connectivity index (χ0v) is 11.6. The third-order valence-corrected chi connectivity index (χ3v) is 3.00. The van der Waals surface area contributed by atoms with Gasteiger partial charge in [-0.05, 0) is 18.2 Å². The molecular formula is C13H9ClN4O3. The number of hydrogen-bond acceptors (Lipinski definition) is 7. The first-order chi connectivity index (χ1) is 10.2. The summed E-state index contributed by atoms with van der Waals surface area (Å²) in [4.78, 5) is 12.2. The van der Waals surface area contributed by atoms with Crippen molar-refractivity contribution in [1.82, 2.24) is 20.1 Å². The first-order valence-corrected chi connectivity index (χ1v) is 6.24. The van der Waals surface area contributed by atoms with Crippen molar-refractivity contribution in [2.45, 2.75) is 0 Å². The zero-order chi connectivity index (χ0) is 14.8. The van der Waals surface area contributed by atoms with Gasteiger partial charge in [0.2, 0.25) is 11.7 Å². The average molecular weight is 305 g/mol. The van der Waals surface area contributed by atoms with Gasteiger partial charge < -0.3 is 14.4 Å². The van der Waals surface area contributed by atoms with Crippen molar-refractivity contribution in [3.8, 4) is 34.6 Å². The van der Waals surface area contributed by atoms with E-state index in [1.807, 2.05) is 0 Å². The molecule has 7 nitrogen and oxygen atoms in total. The Morgan fingerprint density at radius 2 is 2.10 bits per heavy atom. The summed E-state index contributed by atoms with van der Waals surface area (Å²) in [5.41, 5.74) is 1.07.